The molecule has 1 saturated heterocycles. The lowest BCUT2D eigenvalue weighted by atomic mass is 10.1. The molecule has 18 heavy (non-hydrogen) atoms. The van der Waals surface area contributed by atoms with Crippen LogP contribution in [-0.4, -0.2) is 29.7 Å². The Morgan fingerprint density at radius 2 is 2.22 bits per heavy atom. The van der Waals surface area contributed by atoms with Crippen LogP contribution in [0.2, 0.25) is 5.15 Å². The van der Waals surface area contributed by atoms with Crippen LogP contribution in [0.5, 0.6) is 0 Å². The minimum Gasteiger partial charge on any atom is -0.248 e. The van der Waals surface area contributed by atoms with Gasteiger partial charge >= 0.3 is 0 Å². The maximum absolute atomic E-state index is 11.5. The summed E-state index contributed by atoms with van der Waals surface area (Å²) in [5.74, 6) is 0.292. The van der Waals surface area contributed by atoms with Crippen LogP contribution in [-0.2, 0) is 9.84 Å². The van der Waals surface area contributed by atoms with E-state index in [-0.39, 0.29) is 28.6 Å². The summed E-state index contributed by atoms with van der Waals surface area (Å²) in [4.78, 5) is 0. The van der Waals surface area contributed by atoms with Gasteiger partial charge in [0.2, 0.25) is 0 Å². The molecular weight excluding hydrogens is 274 g/mol. The van der Waals surface area contributed by atoms with Gasteiger partial charge in [0.05, 0.1) is 23.2 Å². The van der Waals surface area contributed by atoms with E-state index in [0.29, 0.717) is 17.7 Å². The van der Waals surface area contributed by atoms with E-state index < -0.39 is 9.84 Å². The molecule has 0 bridgehead atoms. The predicted octanol–water partition coefficient (Wildman–Crippen LogP) is 1.89. The molecule has 1 aliphatic heterocycles. The average Bonchev–Trinajstić information content (AvgIpc) is 2.78. The van der Waals surface area contributed by atoms with Crippen LogP contribution in [0.15, 0.2) is 0 Å². The highest BCUT2D eigenvalue weighted by Gasteiger charge is 2.32. The van der Waals surface area contributed by atoms with Crippen LogP contribution in [0.25, 0.3) is 0 Å². The number of sulfone groups is 1. The van der Waals surface area contributed by atoms with Crippen LogP contribution < -0.4 is 0 Å². The molecule has 0 aliphatic carbocycles. The Balaban J connectivity index is 2.45. The van der Waals surface area contributed by atoms with E-state index in [2.05, 4.69) is 5.10 Å². The first-order chi connectivity index (χ1) is 8.35. The van der Waals surface area contributed by atoms with Gasteiger partial charge in [-0.05, 0) is 12.3 Å². The molecule has 0 spiro atoms. The number of aromatic nitrogens is 2. The van der Waals surface area contributed by atoms with Gasteiger partial charge < -0.3 is 0 Å². The largest absolute Gasteiger partial charge is 0.248 e. The molecule has 98 valence electrons. The highest BCUT2D eigenvalue weighted by molar-refractivity contribution is 7.91. The summed E-state index contributed by atoms with van der Waals surface area (Å²) in [5, 5.41) is 13.7. The second-order valence-electron chi connectivity index (χ2n) is 4.82. The molecule has 7 heteroatoms. The summed E-state index contributed by atoms with van der Waals surface area (Å²) in [7, 11) is -2.99. The molecule has 0 aromatic carbocycles. The van der Waals surface area contributed by atoms with Crippen molar-refractivity contribution in [3.05, 3.63) is 16.4 Å². The van der Waals surface area contributed by atoms with Gasteiger partial charge in [-0.2, -0.15) is 10.4 Å². The van der Waals surface area contributed by atoms with Gasteiger partial charge in [-0.1, -0.05) is 25.4 Å². The van der Waals surface area contributed by atoms with Crippen molar-refractivity contribution in [2.24, 2.45) is 0 Å². The van der Waals surface area contributed by atoms with Gasteiger partial charge in [0, 0.05) is 0 Å². The van der Waals surface area contributed by atoms with Crippen molar-refractivity contribution in [3.63, 3.8) is 0 Å². The summed E-state index contributed by atoms with van der Waals surface area (Å²) >= 11 is 6.13. The molecular formula is C11H14ClN3O2S. The third kappa shape index (κ3) is 2.25. The maximum atomic E-state index is 11.5. The second-order valence-corrected chi connectivity index (χ2v) is 7.41. The number of hydrogen-bond donors (Lipinski definition) is 0. The molecule has 1 aliphatic rings. The van der Waals surface area contributed by atoms with Crippen molar-refractivity contribution in [2.75, 3.05) is 11.5 Å². The highest BCUT2D eigenvalue weighted by Crippen LogP contribution is 2.31. The Hall–Kier alpha value is -1.06. The summed E-state index contributed by atoms with van der Waals surface area (Å²) in [6.45, 7) is 3.85. The van der Waals surface area contributed by atoms with Crippen molar-refractivity contribution in [1.29, 1.82) is 5.26 Å². The van der Waals surface area contributed by atoms with Gasteiger partial charge in [-0.25, -0.2) is 13.1 Å². The van der Waals surface area contributed by atoms with E-state index in [0.717, 1.165) is 0 Å². The second kappa shape index (κ2) is 4.56. The third-order valence-electron chi connectivity index (χ3n) is 3.09. The zero-order valence-electron chi connectivity index (χ0n) is 10.2. The lowest BCUT2D eigenvalue weighted by Crippen LogP contribution is -2.13. The smallest absolute Gasteiger partial charge is 0.152 e. The zero-order chi connectivity index (χ0) is 13.5. The lowest BCUT2D eigenvalue weighted by Gasteiger charge is -2.09. The Kier molecular flexibility index (Phi) is 3.39. The molecule has 5 nitrogen and oxygen atoms in total. The van der Waals surface area contributed by atoms with Crippen LogP contribution in [0.3, 0.4) is 0 Å². The molecule has 1 fully saturated rings. The molecule has 0 N–H and O–H groups in total. The molecule has 1 aromatic heterocycles. The van der Waals surface area contributed by atoms with Crippen molar-refractivity contribution in [1.82, 2.24) is 9.78 Å². The summed E-state index contributed by atoms with van der Waals surface area (Å²) < 4.78 is 24.4. The standard InChI is InChI=1S/C11H14ClN3O2S/c1-7(2)10-9(5-13)11(12)15(14-10)8-3-4-18(16,17)6-8/h7-8H,3-4,6H2,1-2H3. The lowest BCUT2D eigenvalue weighted by molar-refractivity contribution is 0.493. The zero-order valence-corrected chi connectivity index (χ0v) is 11.8. The summed E-state index contributed by atoms with van der Waals surface area (Å²) in [5.41, 5.74) is 0.989. The number of nitriles is 1. The van der Waals surface area contributed by atoms with E-state index in [9.17, 15) is 8.42 Å². The first-order valence-electron chi connectivity index (χ1n) is 5.74. The molecule has 1 unspecified atom stereocenters. The van der Waals surface area contributed by atoms with Crippen LogP contribution in [0.4, 0.5) is 0 Å². The summed E-state index contributed by atoms with van der Waals surface area (Å²) in [6, 6.07) is 1.80. The maximum Gasteiger partial charge on any atom is 0.152 e. The van der Waals surface area contributed by atoms with E-state index in [4.69, 9.17) is 16.9 Å². The molecule has 2 heterocycles. The van der Waals surface area contributed by atoms with E-state index in [1.165, 1.54) is 4.68 Å². The predicted molar refractivity (Wildman–Crippen MR) is 68.3 cm³/mol. The van der Waals surface area contributed by atoms with Gasteiger partial charge in [0.25, 0.3) is 0 Å². The third-order valence-corrected chi connectivity index (χ3v) is 5.20. The monoisotopic (exact) mass is 287 g/mol. The van der Waals surface area contributed by atoms with E-state index >= 15 is 0 Å². The van der Waals surface area contributed by atoms with Gasteiger partial charge in [-0.15, -0.1) is 0 Å². The number of rotatable bonds is 2. The first-order valence-corrected chi connectivity index (χ1v) is 7.94. The summed E-state index contributed by atoms with van der Waals surface area (Å²) in [6.07, 6.45) is 0.506. The molecule has 0 amide bonds. The average molecular weight is 288 g/mol. The normalized spacial score (nSPS) is 22.3. The minimum absolute atomic E-state index is 0.0524. The van der Waals surface area contributed by atoms with Crippen LogP contribution >= 0.6 is 11.6 Å². The Bertz CT molecular complexity index is 613. The number of nitrogens with zero attached hydrogens (tertiary/aromatic N) is 3. The Morgan fingerprint density at radius 1 is 1.56 bits per heavy atom. The molecule has 1 atom stereocenters. The first kappa shape index (κ1) is 13.4. The van der Waals surface area contributed by atoms with Gasteiger partial charge in [-0.3, -0.25) is 0 Å². The highest BCUT2D eigenvalue weighted by atomic mass is 35.5. The number of hydrogen-bond acceptors (Lipinski definition) is 4. The number of halogens is 1. The fourth-order valence-electron chi connectivity index (χ4n) is 2.15. The fourth-order valence-corrected chi connectivity index (χ4v) is 4.15. The van der Waals surface area contributed by atoms with Crippen LogP contribution in [0, 0.1) is 11.3 Å². The van der Waals surface area contributed by atoms with Gasteiger partial charge in [0.15, 0.2) is 9.84 Å². The molecule has 1 aromatic rings. The fraction of sp³-hybridized carbons (Fsp3) is 0.636. The quantitative estimate of drug-likeness (QED) is 0.832. The molecule has 0 radical (unpaired) electrons. The van der Waals surface area contributed by atoms with Gasteiger partial charge in [0.1, 0.15) is 16.8 Å². The topological polar surface area (TPSA) is 75.8 Å². The van der Waals surface area contributed by atoms with E-state index in [1.807, 2.05) is 19.9 Å². The van der Waals surface area contributed by atoms with Crippen molar-refractivity contribution >= 4 is 21.4 Å². The van der Waals surface area contributed by atoms with Crippen molar-refractivity contribution in [3.8, 4) is 6.07 Å². The molecule has 0 saturated carbocycles. The Labute approximate surface area is 111 Å². The van der Waals surface area contributed by atoms with Crippen LogP contribution in [0.1, 0.15) is 43.5 Å². The Morgan fingerprint density at radius 3 is 2.61 bits per heavy atom. The minimum atomic E-state index is -2.99. The van der Waals surface area contributed by atoms with Crippen molar-refractivity contribution < 1.29 is 8.42 Å². The SMILES string of the molecule is CC(C)c1nn(C2CCS(=O)(=O)C2)c(Cl)c1C#N. The molecule has 2 rings (SSSR count). The van der Waals surface area contributed by atoms with Crippen molar-refractivity contribution in [2.45, 2.75) is 32.2 Å². The van der Waals surface area contributed by atoms with E-state index in [1.54, 1.807) is 0 Å².